The van der Waals surface area contributed by atoms with E-state index in [9.17, 15) is 9.59 Å². The molecule has 0 heterocycles. The lowest BCUT2D eigenvalue weighted by molar-refractivity contribution is -0.116. The molecule has 0 saturated carbocycles. The summed E-state index contributed by atoms with van der Waals surface area (Å²) in [4.78, 5) is 24.1. The number of benzene rings is 2. The minimum atomic E-state index is -0.249. The van der Waals surface area contributed by atoms with Crippen molar-refractivity contribution in [3.8, 4) is 0 Å². The van der Waals surface area contributed by atoms with Gasteiger partial charge < -0.3 is 10.6 Å². The normalized spacial score (nSPS) is 10.1. The van der Waals surface area contributed by atoms with Gasteiger partial charge in [0, 0.05) is 23.4 Å². The van der Waals surface area contributed by atoms with E-state index in [4.69, 9.17) is 12.2 Å². The lowest BCUT2D eigenvalue weighted by Gasteiger charge is -2.11. The Kier molecular flexibility index (Phi) is 7.95. The van der Waals surface area contributed by atoms with Crippen LogP contribution in [0.25, 0.3) is 0 Å². The molecule has 0 atom stereocenters. The lowest BCUT2D eigenvalue weighted by Crippen LogP contribution is -2.34. The molecule has 2 rings (SSSR count). The van der Waals surface area contributed by atoms with Crippen LogP contribution >= 0.6 is 12.2 Å². The molecule has 2 amide bonds. The van der Waals surface area contributed by atoms with Crippen molar-refractivity contribution in [1.29, 1.82) is 0 Å². The van der Waals surface area contributed by atoms with Gasteiger partial charge in [-0.15, -0.1) is 0 Å². The van der Waals surface area contributed by atoms with Crippen LogP contribution in [0.3, 0.4) is 0 Å². The highest BCUT2D eigenvalue weighted by atomic mass is 32.1. The number of rotatable bonds is 7. The van der Waals surface area contributed by atoms with Crippen LogP contribution in [0.1, 0.15) is 48.5 Å². The summed E-state index contributed by atoms with van der Waals surface area (Å²) in [6.45, 7) is 3.98. The van der Waals surface area contributed by atoms with Crippen LogP contribution in [0.2, 0.25) is 0 Å². The first-order valence-electron chi connectivity index (χ1n) is 9.07. The molecular formula is C21H25N3O2S. The molecule has 0 bridgehead atoms. The van der Waals surface area contributed by atoms with Gasteiger partial charge in [0.1, 0.15) is 0 Å². The summed E-state index contributed by atoms with van der Waals surface area (Å²) in [6, 6.07) is 14.5. The maximum absolute atomic E-state index is 12.3. The van der Waals surface area contributed by atoms with Crippen molar-refractivity contribution in [2.45, 2.75) is 39.5 Å². The maximum atomic E-state index is 12.3. The molecule has 142 valence electrons. The van der Waals surface area contributed by atoms with Crippen LogP contribution in [0.4, 0.5) is 11.4 Å². The van der Waals surface area contributed by atoms with Gasteiger partial charge in [-0.1, -0.05) is 38.0 Å². The zero-order valence-corrected chi connectivity index (χ0v) is 16.5. The smallest absolute Gasteiger partial charge is 0.257 e. The summed E-state index contributed by atoms with van der Waals surface area (Å²) < 4.78 is 0. The highest BCUT2D eigenvalue weighted by Crippen LogP contribution is 2.14. The fraction of sp³-hybridized carbons (Fsp3) is 0.286. The van der Waals surface area contributed by atoms with Gasteiger partial charge in [-0.2, -0.15) is 0 Å². The van der Waals surface area contributed by atoms with Crippen LogP contribution in [-0.2, 0) is 4.79 Å². The Balaban J connectivity index is 1.85. The molecule has 0 saturated heterocycles. The van der Waals surface area contributed by atoms with Crippen LogP contribution in [0, 0.1) is 6.92 Å². The number of anilines is 2. The van der Waals surface area contributed by atoms with E-state index >= 15 is 0 Å². The van der Waals surface area contributed by atoms with Gasteiger partial charge in [0.05, 0.1) is 0 Å². The molecule has 6 heteroatoms. The number of carbonyl (C=O) groups is 2. The van der Waals surface area contributed by atoms with Crippen molar-refractivity contribution < 1.29 is 9.59 Å². The van der Waals surface area contributed by atoms with Gasteiger partial charge in [-0.25, -0.2) is 0 Å². The summed E-state index contributed by atoms with van der Waals surface area (Å²) in [7, 11) is 0. The maximum Gasteiger partial charge on any atom is 0.257 e. The molecule has 0 unspecified atom stereocenters. The molecule has 2 aromatic carbocycles. The highest BCUT2D eigenvalue weighted by Gasteiger charge is 2.10. The van der Waals surface area contributed by atoms with Gasteiger partial charge in [0.25, 0.3) is 5.91 Å². The van der Waals surface area contributed by atoms with Gasteiger partial charge in [-0.05, 0) is 61.5 Å². The van der Waals surface area contributed by atoms with Crippen LogP contribution in [0.15, 0.2) is 48.5 Å². The molecule has 0 aromatic heterocycles. The molecule has 0 fully saturated rings. The lowest BCUT2D eigenvalue weighted by atomic mass is 10.1. The van der Waals surface area contributed by atoms with Crippen molar-refractivity contribution in [2.24, 2.45) is 0 Å². The van der Waals surface area contributed by atoms with Crippen molar-refractivity contribution in [3.63, 3.8) is 0 Å². The molecule has 2 aromatic rings. The third-order valence-electron chi connectivity index (χ3n) is 4.05. The number of aryl methyl sites for hydroxylation is 1. The summed E-state index contributed by atoms with van der Waals surface area (Å²) in [6.07, 6.45) is 3.58. The fourth-order valence-electron chi connectivity index (χ4n) is 2.56. The Bertz CT molecular complexity index is 803. The Morgan fingerprint density at radius 1 is 0.926 bits per heavy atom. The van der Waals surface area contributed by atoms with Crippen molar-refractivity contribution in [2.75, 3.05) is 10.6 Å². The first-order chi connectivity index (χ1) is 13.0. The van der Waals surface area contributed by atoms with Crippen LogP contribution < -0.4 is 16.0 Å². The van der Waals surface area contributed by atoms with Crippen molar-refractivity contribution >= 4 is 40.5 Å². The van der Waals surface area contributed by atoms with E-state index < -0.39 is 0 Å². The number of hydrogen-bond donors (Lipinski definition) is 3. The average molecular weight is 384 g/mol. The third-order valence-corrected chi connectivity index (χ3v) is 4.25. The van der Waals surface area contributed by atoms with E-state index in [2.05, 4.69) is 22.9 Å². The summed E-state index contributed by atoms with van der Waals surface area (Å²) >= 11 is 5.20. The minimum absolute atomic E-state index is 0.0187. The first kappa shape index (κ1) is 20.6. The standard InChI is InChI=1S/C21H25N3O2S/c1-3-4-5-10-19(25)22-16-11-13-17(14-12-16)23-21(27)24-20(26)18-9-7-6-8-15(18)2/h6-9,11-14H,3-5,10H2,1-2H3,(H,22,25)(H2,23,24,26,27). The quantitative estimate of drug-likeness (QED) is 0.481. The third kappa shape index (κ3) is 6.83. The number of nitrogens with one attached hydrogen (secondary N) is 3. The van der Waals surface area contributed by atoms with Crippen LogP contribution in [0.5, 0.6) is 0 Å². The number of hydrogen-bond acceptors (Lipinski definition) is 3. The van der Waals surface area contributed by atoms with E-state index in [1.165, 1.54) is 0 Å². The SMILES string of the molecule is CCCCCC(=O)Nc1ccc(NC(=S)NC(=O)c2ccccc2C)cc1. The predicted octanol–water partition coefficient (Wildman–Crippen LogP) is 4.64. The summed E-state index contributed by atoms with van der Waals surface area (Å²) in [5.74, 6) is -0.230. The van der Waals surface area contributed by atoms with Crippen molar-refractivity contribution in [1.82, 2.24) is 5.32 Å². The average Bonchev–Trinajstić information content (AvgIpc) is 2.64. The van der Waals surface area contributed by atoms with Gasteiger partial charge in [0.2, 0.25) is 5.91 Å². The van der Waals surface area contributed by atoms with E-state index in [0.717, 1.165) is 36.2 Å². The monoisotopic (exact) mass is 383 g/mol. The largest absolute Gasteiger partial charge is 0.332 e. The Morgan fingerprint density at radius 3 is 2.19 bits per heavy atom. The van der Waals surface area contributed by atoms with E-state index in [0.29, 0.717) is 12.0 Å². The number of unbranched alkanes of at least 4 members (excludes halogenated alkanes) is 2. The zero-order valence-electron chi connectivity index (χ0n) is 15.7. The molecule has 0 aliphatic rings. The Morgan fingerprint density at radius 2 is 1.56 bits per heavy atom. The van der Waals surface area contributed by atoms with E-state index in [1.807, 2.05) is 25.1 Å². The van der Waals surface area contributed by atoms with Gasteiger partial charge in [0.15, 0.2) is 5.11 Å². The van der Waals surface area contributed by atoms with Crippen LogP contribution in [-0.4, -0.2) is 16.9 Å². The minimum Gasteiger partial charge on any atom is -0.332 e. The second-order valence-corrected chi connectivity index (χ2v) is 6.71. The Hall–Kier alpha value is -2.73. The molecule has 0 aliphatic heterocycles. The molecule has 0 aliphatic carbocycles. The van der Waals surface area contributed by atoms with Crippen molar-refractivity contribution in [3.05, 3.63) is 59.7 Å². The fourth-order valence-corrected chi connectivity index (χ4v) is 2.77. The topological polar surface area (TPSA) is 70.2 Å². The second kappa shape index (κ2) is 10.4. The highest BCUT2D eigenvalue weighted by molar-refractivity contribution is 7.80. The van der Waals surface area contributed by atoms with Gasteiger partial charge in [-0.3, -0.25) is 14.9 Å². The molecule has 5 nitrogen and oxygen atoms in total. The number of amides is 2. The molecule has 0 radical (unpaired) electrons. The zero-order chi connectivity index (χ0) is 19.6. The number of thiocarbonyl (C=S) groups is 1. The summed E-state index contributed by atoms with van der Waals surface area (Å²) in [5.41, 5.74) is 2.94. The van der Waals surface area contributed by atoms with E-state index in [-0.39, 0.29) is 16.9 Å². The number of carbonyl (C=O) groups excluding carboxylic acids is 2. The van der Waals surface area contributed by atoms with E-state index in [1.54, 1.807) is 30.3 Å². The first-order valence-corrected chi connectivity index (χ1v) is 9.48. The Labute approximate surface area is 165 Å². The summed E-state index contributed by atoms with van der Waals surface area (Å²) in [5, 5.41) is 8.74. The van der Waals surface area contributed by atoms with Gasteiger partial charge >= 0.3 is 0 Å². The second-order valence-electron chi connectivity index (χ2n) is 6.31. The molecule has 3 N–H and O–H groups in total. The molecule has 27 heavy (non-hydrogen) atoms. The molecule has 0 spiro atoms. The predicted molar refractivity (Wildman–Crippen MR) is 114 cm³/mol. The molecular weight excluding hydrogens is 358 g/mol.